The van der Waals surface area contributed by atoms with E-state index < -0.39 is 0 Å². The van der Waals surface area contributed by atoms with E-state index in [-0.39, 0.29) is 23.2 Å². The van der Waals surface area contributed by atoms with Crippen molar-refractivity contribution in [2.45, 2.75) is 51.2 Å². The third-order valence-electron chi connectivity index (χ3n) is 7.08. The minimum Gasteiger partial charge on any atom is -0.336 e. The molecule has 3 aromatic rings. The number of piperazine rings is 1. The van der Waals surface area contributed by atoms with Crippen LogP contribution in [0.3, 0.4) is 0 Å². The number of anilines is 1. The maximum absolute atomic E-state index is 13.7. The summed E-state index contributed by atoms with van der Waals surface area (Å²) < 4.78 is 15.4. The molecule has 8 heteroatoms. The number of hydrogen-bond donors (Lipinski definition) is 1. The highest BCUT2D eigenvalue weighted by Crippen LogP contribution is 2.39. The Balaban J connectivity index is 1.35. The van der Waals surface area contributed by atoms with Crippen LogP contribution in [0.4, 0.5) is 10.1 Å². The minimum absolute atomic E-state index is 0.0993. The van der Waals surface area contributed by atoms with Crippen LogP contribution in [0.1, 0.15) is 37.6 Å². The Kier molecular flexibility index (Phi) is 6.42. The van der Waals surface area contributed by atoms with Gasteiger partial charge in [0.25, 0.3) is 0 Å². The molecule has 1 fully saturated rings. The van der Waals surface area contributed by atoms with Crippen molar-refractivity contribution in [1.29, 1.82) is 0 Å². The molecule has 2 atom stereocenters. The second-order valence-electron chi connectivity index (χ2n) is 10.5. The van der Waals surface area contributed by atoms with Gasteiger partial charge in [-0.3, -0.25) is 14.7 Å². The molecule has 2 aromatic heterocycles. The summed E-state index contributed by atoms with van der Waals surface area (Å²) in [6, 6.07) is 9.16. The number of nitrogens with one attached hydrogen (secondary N) is 1. The lowest BCUT2D eigenvalue weighted by Crippen LogP contribution is -2.59. The Hall–Kier alpha value is -3.10. The van der Waals surface area contributed by atoms with Gasteiger partial charge in [-0.1, -0.05) is 26.0 Å². The number of nitrogens with zero attached hydrogens (tertiary/aromatic N) is 5. The highest BCUT2D eigenvalue weighted by atomic mass is 19.1. The summed E-state index contributed by atoms with van der Waals surface area (Å²) in [5.41, 5.74) is 3.66. The summed E-state index contributed by atoms with van der Waals surface area (Å²) in [6.45, 7) is 9.85. The molecule has 7 nitrogen and oxygen atoms in total. The summed E-state index contributed by atoms with van der Waals surface area (Å²) in [4.78, 5) is 26.8. The van der Waals surface area contributed by atoms with Crippen molar-refractivity contribution in [3.05, 3.63) is 77.9 Å². The van der Waals surface area contributed by atoms with E-state index in [0.29, 0.717) is 25.6 Å². The van der Waals surface area contributed by atoms with Gasteiger partial charge in [-0.05, 0) is 42.7 Å². The smallest absolute Gasteiger partial charge is 0.241 e. The highest BCUT2D eigenvalue weighted by molar-refractivity contribution is 5.97. The standard InChI is InChI=1S/C27H33FN6O/c1-19-14-33(23(13-30-19)15-32-9-8-29-18-32)16-25(35)34-17-27(2,3)26-24(34)11-21(12-31-26)10-20-4-6-22(28)7-5-20/h4-9,11-12,18-19,23,30H,10,13-17H2,1-3H3/t19-,23-/m1/s1. The van der Waals surface area contributed by atoms with Crippen molar-refractivity contribution in [2.75, 3.05) is 31.1 Å². The number of aromatic nitrogens is 3. The first-order chi connectivity index (χ1) is 16.8. The van der Waals surface area contributed by atoms with Crippen LogP contribution in [0, 0.1) is 5.82 Å². The Morgan fingerprint density at radius 1 is 1.23 bits per heavy atom. The first-order valence-corrected chi connectivity index (χ1v) is 12.3. The van der Waals surface area contributed by atoms with E-state index in [1.54, 1.807) is 18.3 Å². The van der Waals surface area contributed by atoms with Gasteiger partial charge < -0.3 is 14.8 Å². The lowest BCUT2D eigenvalue weighted by molar-refractivity contribution is -0.120. The molecule has 0 unspecified atom stereocenters. The molecule has 0 spiro atoms. The fourth-order valence-corrected chi connectivity index (χ4v) is 5.24. The van der Waals surface area contributed by atoms with E-state index in [0.717, 1.165) is 42.1 Å². The monoisotopic (exact) mass is 476 g/mol. The molecule has 1 aromatic carbocycles. The Labute approximate surface area is 206 Å². The van der Waals surface area contributed by atoms with E-state index in [4.69, 9.17) is 4.98 Å². The zero-order valence-electron chi connectivity index (χ0n) is 20.6. The fraction of sp³-hybridized carbons (Fsp3) is 0.444. The fourth-order valence-electron chi connectivity index (χ4n) is 5.24. The third kappa shape index (κ3) is 5.13. The topological polar surface area (TPSA) is 66.3 Å². The second kappa shape index (κ2) is 9.51. The molecule has 1 amide bonds. The maximum Gasteiger partial charge on any atom is 0.241 e. The zero-order chi connectivity index (χ0) is 24.6. The molecule has 184 valence electrons. The van der Waals surface area contributed by atoms with E-state index in [9.17, 15) is 9.18 Å². The molecule has 0 saturated carbocycles. The number of halogens is 1. The first-order valence-electron chi connectivity index (χ1n) is 12.3. The average molecular weight is 477 g/mol. The molecule has 2 aliphatic rings. The molecule has 1 N–H and O–H groups in total. The number of carbonyl (C=O) groups excluding carboxylic acids is 1. The summed E-state index contributed by atoms with van der Waals surface area (Å²) >= 11 is 0. The lowest BCUT2D eigenvalue weighted by Gasteiger charge is -2.39. The Bertz CT molecular complexity index is 1180. The highest BCUT2D eigenvalue weighted by Gasteiger charge is 2.40. The normalized spacial score (nSPS) is 21.8. The quantitative estimate of drug-likeness (QED) is 0.593. The number of pyridine rings is 1. The van der Waals surface area contributed by atoms with Crippen molar-refractivity contribution in [1.82, 2.24) is 24.8 Å². The van der Waals surface area contributed by atoms with Gasteiger partial charge in [-0.2, -0.15) is 0 Å². The summed E-state index contributed by atoms with van der Waals surface area (Å²) in [7, 11) is 0. The van der Waals surface area contributed by atoms with Crippen LogP contribution in [0.2, 0.25) is 0 Å². The lowest BCUT2D eigenvalue weighted by atomic mass is 9.91. The van der Waals surface area contributed by atoms with E-state index in [2.05, 4.69) is 46.6 Å². The van der Waals surface area contributed by atoms with Crippen LogP contribution in [-0.2, 0) is 23.2 Å². The second-order valence-corrected chi connectivity index (χ2v) is 10.5. The Morgan fingerprint density at radius 2 is 2.03 bits per heavy atom. The van der Waals surface area contributed by atoms with Crippen molar-refractivity contribution < 1.29 is 9.18 Å². The van der Waals surface area contributed by atoms with Gasteiger partial charge in [0.2, 0.25) is 5.91 Å². The first kappa shape index (κ1) is 23.6. The number of hydrogen-bond acceptors (Lipinski definition) is 5. The number of benzene rings is 1. The summed E-state index contributed by atoms with van der Waals surface area (Å²) in [6.07, 6.45) is 8.10. The third-order valence-corrected chi connectivity index (χ3v) is 7.08. The molecule has 5 rings (SSSR count). The summed E-state index contributed by atoms with van der Waals surface area (Å²) in [5, 5.41) is 3.55. The zero-order valence-corrected chi connectivity index (χ0v) is 20.6. The molecule has 0 bridgehead atoms. The molecule has 0 radical (unpaired) electrons. The molecule has 1 saturated heterocycles. The van der Waals surface area contributed by atoms with Gasteiger partial charge >= 0.3 is 0 Å². The van der Waals surface area contributed by atoms with Gasteiger partial charge in [0.1, 0.15) is 5.82 Å². The van der Waals surface area contributed by atoms with Crippen molar-refractivity contribution in [2.24, 2.45) is 0 Å². The summed E-state index contributed by atoms with van der Waals surface area (Å²) in [5.74, 6) is -0.143. The van der Waals surface area contributed by atoms with Crippen molar-refractivity contribution in [3.63, 3.8) is 0 Å². The SMILES string of the molecule is C[C@@H]1CN(CC(=O)N2CC(C)(C)c3ncc(Cc4ccc(F)cc4)cc32)[C@@H](Cn2ccnc2)CN1. The van der Waals surface area contributed by atoms with Gasteiger partial charge in [0.15, 0.2) is 0 Å². The molecular formula is C27H33FN6O. The number of fused-ring (bicyclic) bond motifs is 1. The van der Waals surface area contributed by atoms with Crippen molar-refractivity contribution in [3.8, 4) is 0 Å². The molecule has 4 heterocycles. The van der Waals surface area contributed by atoms with Crippen LogP contribution in [0.5, 0.6) is 0 Å². The molecule has 0 aliphatic carbocycles. The predicted octanol–water partition coefficient (Wildman–Crippen LogP) is 2.99. The van der Waals surface area contributed by atoms with Crippen LogP contribution >= 0.6 is 0 Å². The Morgan fingerprint density at radius 3 is 2.77 bits per heavy atom. The van der Waals surface area contributed by atoms with Crippen LogP contribution < -0.4 is 10.2 Å². The van der Waals surface area contributed by atoms with Crippen LogP contribution in [0.25, 0.3) is 0 Å². The number of rotatable bonds is 6. The van der Waals surface area contributed by atoms with Crippen LogP contribution in [0.15, 0.2) is 55.2 Å². The van der Waals surface area contributed by atoms with E-state index in [1.165, 1.54) is 12.1 Å². The number of carbonyl (C=O) groups is 1. The van der Waals surface area contributed by atoms with Gasteiger partial charge in [-0.15, -0.1) is 0 Å². The molecular weight excluding hydrogens is 443 g/mol. The van der Waals surface area contributed by atoms with Gasteiger partial charge in [0.05, 0.1) is 24.3 Å². The van der Waals surface area contributed by atoms with Crippen molar-refractivity contribution >= 4 is 11.6 Å². The molecule has 35 heavy (non-hydrogen) atoms. The van der Waals surface area contributed by atoms with Crippen LogP contribution in [-0.4, -0.2) is 63.6 Å². The average Bonchev–Trinajstić information content (AvgIpc) is 3.43. The van der Waals surface area contributed by atoms with Gasteiger partial charge in [0, 0.05) is 62.3 Å². The largest absolute Gasteiger partial charge is 0.336 e. The van der Waals surface area contributed by atoms with Gasteiger partial charge in [-0.25, -0.2) is 9.37 Å². The minimum atomic E-state index is -0.243. The van der Waals surface area contributed by atoms with E-state index in [1.807, 2.05) is 23.6 Å². The predicted molar refractivity (Wildman–Crippen MR) is 134 cm³/mol. The maximum atomic E-state index is 13.7. The van der Waals surface area contributed by atoms with E-state index >= 15 is 0 Å². The molecule has 2 aliphatic heterocycles. The number of amides is 1. The number of imidazole rings is 1.